The van der Waals surface area contributed by atoms with E-state index in [0.29, 0.717) is 19.2 Å². The molecule has 0 unspecified atom stereocenters. The highest BCUT2D eigenvalue weighted by Crippen LogP contribution is 2.28. The molecule has 2 N–H and O–H groups in total. The first-order valence-electron chi connectivity index (χ1n) is 9.03. The van der Waals surface area contributed by atoms with Crippen LogP contribution in [0, 0.1) is 0 Å². The summed E-state index contributed by atoms with van der Waals surface area (Å²) in [7, 11) is 3.50. The van der Waals surface area contributed by atoms with Crippen LogP contribution in [0.25, 0.3) is 0 Å². The van der Waals surface area contributed by atoms with E-state index in [-0.39, 0.29) is 0 Å². The highest BCUT2D eigenvalue weighted by Gasteiger charge is 2.14. The van der Waals surface area contributed by atoms with Crippen LogP contribution in [-0.4, -0.2) is 32.8 Å². The Morgan fingerprint density at radius 3 is 2.67 bits per heavy atom. The minimum atomic E-state index is 0.546. The Hall–Kier alpha value is -1.91. The lowest BCUT2D eigenvalue weighted by molar-refractivity contribution is 0.294. The second-order valence-corrected chi connectivity index (χ2v) is 6.24. The van der Waals surface area contributed by atoms with Crippen molar-refractivity contribution in [3.63, 3.8) is 0 Å². The maximum atomic E-state index is 5.70. The Morgan fingerprint density at radius 1 is 1.21 bits per heavy atom. The van der Waals surface area contributed by atoms with E-state index in [1.165, 1.54) is 32.1 Å². The van der Waals surface area contributed by atoms with Crippen LogP contribution < -0.4 is 20.1 Å². The molecule has 1 fully saturated rings. The summed E-state index contributed by atoms with van der Waals surface area (Å²) in [5, 5.41) is 6.92. The monoisotopic (exact) mass is 333 g/mol. The normalized spacial score (nSPS) is 15.9. The van der Waals surface area contributed by atoms with Gasteiger partial charge in [-0.1, -0.05) is 32.3 Å². The van der Waals surface area contributed by atoms with Gasteiger partial charge >= 0.3 is 0 Å². The van der Waals surface area contributed by atoms with Crippen LogP contribution in [0.1, 0.15) is 51.0 Å². The molecular weight excluding hydrogens is 302 g/mol. The third-order valence-electron chi connectivity index (χ3n) is 4.32. The van der Waals surface area contributed by atoms with Gasteiger partial charge in [-0.3, -0.25) is 4.99 Å². The van der Waals surface area contributed by atoms with E-state index in [2.05, 4.69) is 28.6 Å². The molecule has 0 bridgehead atoms. The van der Waals surface area contributed by atoms with Gasteiger partial charge < -0.3 is 20.1 Å². The smallest absolute Gasteiger partial charge is 0.191 e. The van der Waals surface area contributed by atoms with Gasteiger partial charge in [0.15, 0.2) is 17.5 Å². The van der Waals surface area contributed by atoms with E-state index in [1.807, 2.05) is 19.2 Å². The fraction of sp³-hybridized carbons (Fsp3) is 0.632. The number of methoxy groups -OCH3 is 1. The van der Waals surface area contributed by atoms with E-state index < -0.39 is 0 Å². The van der Waals surface area contributed by atoms with Gasteiger partial charge in [0, 0.05) is 19.6 Å². The number of aliphatic imine (C=N–C) groups is 1. The molecule has 1 aromatic carbocycles. The summed E-state index contributed by atoms with van der Waals surface area (Å²) < 4.78 is 11.1. The van der Waals surface area contributed by atoms with Crippen molar-refractivity contribution in [3.05, 3.63) is 23.8 Å². The fourth-order valence-corrected chi connectivity index (χ4v) is 2.97. The van der Waals surface area contributed by atoms with Gasteiger partial charge in [0.1, 0.15) is 0 Å². The van der Waals surface area contributed by atoms with E-state index in [0.717, 1.165) is 29.4 Å². The first kappa shape index (κ1) is 18.4. The van der Waals surface area contributed by atoms with E-state index in [9.17, 15) is 0 Å². The van der Waals surface area contributed by atoms with Gasteiger partial charge in [-0.2, -0.15) is 0 Å². The molecule has 1 aliphatic carbocycles. The molecule has 1 aliphatic rings. The predicted molar refractivity (Wildman–Crippen MR) is 99.0 cm³/mol. The lowest BCUT2D eigenvalue weighted by atomic mass is 9.96. The third-order valence-corrected chi connectivity index (χ3v) is 4.32. The Kier molecular flexibility index (Phi) is 7.72. The number of rotatable bonds is 7. The number of hydrogen-bond acceptors (Lipinski definition) is 3. The average Bonchev–Trinajstić information content (AvgIpc) is 2.64. The topological polar surface area (TPSA) is 54.9 Å². The molecule has 0 saturated heterocycles. The van der Waals surface area contributed by atoms with Gasteiger partial charge in [0.2, 0.25) is 0 Å². The number of guanidine groups is 1. The van der Waals surface area contributed by atoms with Gasteiger partial charge in [0.25, 0.3) is 0 Å². The van der Waals surface area contributed by atoms with Gasteiger partial charge in [-0.15, -0.1) is 0 Å². The Bertz CT molecular complexity index is 525. The molecule has 1 aromatic rings. The number of ether oxygens (including phenoxy) is 2. The molecule has 24 heavy (non-hydrogen) atoms. The van der Waals surface area contributed by atoms with Crippen LogP contribution in [-0.2, 0) is 6.54 Å². The molecule has 0 radical (unpaired) electrons. The maximum Gasteiger partial charge on any atom is 0.191 e. The molecule has 134 valence electrons. The molecule has 0 spiro atoms. The summed E-state index contributed by atoms with van der Waals surface area (Å²) in [6.07, 6.45) is 7.43. The minimum Gasteiger partial charge on any atom is -0.493 e. The summed E-state index contributed by atoms with van der Waals surface area (Å²) in [5.41, 5.74) is 1.14. The number of nitrogens with zero attached hydrogens (tertiary/aromatic N) is 1. The average molecular weight is 333 g/mol. The van der Waals surface area contributed by atoms with Crippen LogP contribution in [0.3, 0.4) is 0 Å². The summed E-state index contributed by atoms with van der Waals surface area (Å²) in [6.45, 7) is 3.50. The van der Waals surface area contributed by atoms with Gasteiger partial charge in [0.05, 0.1) is 13.7 Å². The Morgan fingerprint density at radius 2 is 2.00 bits per heavy atom. The van der Waals surface area contributed by atoms with Crippen LogP contribution in [0.15, 0.2) is 23.2 Å². The van der Waals surface area contributed by atoms with Crippen molar-refractivity contribution in [2.45, 2.75) is 58.0 Å². The molecule has 0 aliphatic heterocycles. The third kappa shape index (κ3) is 5.62. The first-order valence-corrected chi connectivity index (χ1v) is 9.03. The van der Waals surface area contributed by atoms with E-state index in [4.69, 9.17) is 9.47 Å². The SMILES string of the molecule is CCCOc1ccc(CNC(=NC)NC2CCCCC2)cc1OC. The van der Waals surface area contributed by atoms with Crippen LogP contribution in [0.2, 0.25) is 0 Å². The van der Waals surface area contributed by atoms with Crippen LogP contribution >= 0.6 is 0 Å². The maximum absolute atomic E-state index is 5.70. The first-order chi connectivity index (χ1) is 11.8. The highest BCUT2D eigenvalue weighted by molar-refractivity contribution is 5.80. The molecular formula is C19H31N3O2. The second-order valence-electron chi connectivity index (χ2n) is 6.24. The van der Waals surface area contributed by atoms with Crippen LogP contribution in [0.5, 0.6) is 11.5 Å². The number of nitrogens with one attached hydrogen (secondary N) is 2. The molecule has 5 heteroatoms. The highest BCUT2D eigenvalue weighted by atomic mass is 16.5. The zero-order valence-electron chi connectivity index (χ0n) is 15.2. The van der Waals surface area contributed by atoms with Crippen molar-refractivity contribution in [2.75, 3.05) is 20.8 Å². The zero-order chi connectivity index (χ0) is 17.2. The largest absolute Gasteiger partial charge is 0.493 e. The second kappa shape index (κ2) is 10.1. The van der Waals surface area contributed by atoms with Crippen molar-refractivity contribution in [1.29, 1.82) is 0 Å². The molecule has 0 aromatic heterocycles. The molecule has 0 amide bonds. The van der Waals surface area contributed by atoms with Gasteiger partial charge in [-0.05, 0) is 37.0 Å². The van der Waals surface area contributed by atoms with Gasteiger partial charge in [-0.25, -0.2) is 0 Å². The Balaban J connectivity index is 1.89. The Labute approximate surface area is 145 Å². The number of benzene rings is 1. The van der Waals surface area contributed by atoms with Crippen molar-refractivity contribution in [3.8, 4) is 11.5 Å². The lowest BCUT2D eigenvalue weighted by Gasteiger charge is -2.25. The molecule has 5 nitrogen and oxygen atoms in total. The number of hydrogen-bond donors (Lipinski definition) is 2. The quantitative estimate of drug-likeness (QED) is 0.592. The molecule has 0 atom stereocenters. The predicted octanol–water partition coefficient (Wildman–Crippen LogP) is 3.48. The van der Waals surface area contributed by atoms with Crippen molar-refractivity contribution >= 4 is 5.96 Å². The summed E-state index contributed by atoms with van der Waals surface area (Å²) in [4.78, 5) is 4.34. The fourth-order valence-electron chi connectivity index (χ4n) is 2.97. The minimum absolute atomic E-state index is 0.546. The molecule has 1 saturated carbocycles. The van der Waals surface area contributed by atoms with Crippen molar-refractivity contribution < 1.29 is 9.47 Å². The standard InChI is InChI=1S/C19H31N3O2/c1-4-12-24-17-11-10-15(13-18(17)23-3)14-21-19(20-2)22-16-8-6-5-7-9-16/h10-11,13,16H,4-9,12,14H2,1-3H3,(H2,20,21,22). The summed E-state index contributed by atoms with van der Waals surface area (Å²) >= 11 is 0. The van der Waals surface area contributed by atoms with E-state index in [1.54, 1.807) is 7.11 Å². The lowest BCUT2D eigenvalue weighted by Crippen LogP contribution is -2.43. The van der Waals surface area contributed by atoms with E-state index >= 15 is 0 Å². The van der Waals surface area contributed by atoms with Crippen molar-refractivity contribution in [2.24, 2.45) is 4.99 Å². The molecule has 0 heterocycles. The summed E-state index contributed by atoms with van der Waals surface area (Å²) in [5.74, 6) is 2.44. The molecule has 2 rings (SSSR count). The zero-order valence-corrected chi connectivity index (χ0v) is 15.2. The summed E-state index contributed by atoms with van der Waals surface area (Å²) in [6, 6.07) is 6.60. The van der Waals surface area contributed by atoms with Crippen LogP contribution in [0.4, 0.5) is 0 Å². The van der Waals surface area contributed by atoms with Crippen molar-refractivity contribution in [1.82, 2.24) is 10.6 Å².